The molecule has 2 atom stereocenters. The first-order chi connectivity index (χ1) is 28.0. The molecule has 0 unspecified atom stereocenters. The molecule has 15 heteroatoms. The summed E-state index contributed by atoms with van der Waals surface area (Å²) in [5.74, 6) is -0.643. The quantitative estimate of drug-likeness (QED) is 0.248. The number of carbonyl (C=O) groups is 6. The number of rotatable bonds is 8. The van der Waals surface area contributed by atoms with Gasteiger partial charge in [0.05, 0.1) is 20.8 Å². The molecule has 15 nitrogen and oxygen atoms in total. The van der Waals surface area contributed by atoms with E-state index in [4.69, 9.17) is 14.2 Å². The van der Waals surface area contributed by atoms with Crippen LogP contribution in [0.1, 0.15) is 73.4 Å². The molecular weight excluding hydrogens is 745 g/mol. The van der Waals surface area contributed by atoms with E-state index in [1.165, 1.54) is 19.1 Å². The van der Waals surface area contributed by atoms with Gasteiger partial charge in [-0.15, -0.1) is 0 Å². The molecule has 4 N–H and O–H groups in total. The van der Waals surface area contributed by atoms with Gasteiger partial charge >= 0.3 is 0 Å². The van der Waals surface area contributed by atoms with Crippen LogP contribution in [0, 0.1) is 0 Å². The first-order valence-corrected chi connectivity index (χ1v) is 19.8. The lowest BCUT2D eigenvalue weighted by atomic mass is 10.0. The maximum atomic E-state index is 13.7. The van der Waals surface area contributed by atoms with Crippen LogP contribution in [0.5, 0.6) is 23.0 Å². The SMILES string of the molecule is COc1cc2ccc1CNC(=O)[C@H](C)NC(=O)[C@H](CCc1ccccc1)NC(=O)CN(C(=O)CCN1CCCCC1=O)CCCCNC(=O)c1ccc(OC)c(c1)O2. The molecule has 310 valence electrons. The molecule has 58 heavy (non-hydrogen) atoms. The molecule has 0 aliphatic carbocycles. The molecule has 0 aromatic heterocycles. The molecule has 3 aliphatic heterocycles. The Balaban J connectivity index is 1.37. The fraction of sp³-hybridized carbons (Fsp3) is 0.442. The van der Waals surface area contributed by atoms with Crippen molar-refractivity contribution in [2.75, 3.05) is 46.9 Å². The lowest BCUT2D eigenvalue weighted by Gasteiger charge is -2.28. The fourth-order valence-corrected chi connectivity index (χ4v) is 6.82. The van der Waals surface area contributed by atoms with Crippen LogP contribution in [0.2, 0.25) is 0 Å². The summed E-state index contributed by atoms with van der Waals surface area (Å²) in [7, 11) is 2.99. The van der Waals surface area contributed by atoms with Crippen LogP contribution in [0.4, 0.5) is 0 Å². The van der Waals surface area contributed by atoms with Crippen LogP contribution in [-0.2, 0) is 36.9 Å². The second kappa shape index (κ2) is 21.4. The summed E-state index contributed by atoms with van der Waals surface area (Å²) in [4.78, 5) is 83.1. The standard InChI is InChI=1S/C43H54N6O9/c1-29-41(53)45-27-32-15-17-33(26-36(32)57-3)58-37-25-31(16-19-35(37)56-2)42(54)44-21-8-10-23-49(40(52)20-24-48-22-9-7-13-39(48)51)28-38(50)47-34(43(55)46-29)18-14-30-11-5-4-6-12-30/h4-6,11-12,15-17,19,25-26,29,34H,7-10,13-14,18,20-24,27-28H2,1-3H3,(H,44,54)(H,45,53)(H,46,55)(H,47,50)/t29-,34-/m0/s1. The van der Waals surface area contributed by atoms with Gasteiger partial charge in [-0.3, -0.25) is 28.8 Å². The number of nitrogens with one attached hydrogen (secondary N) is 4. The minimum absolute atomic E-state index is 0.00968. The highest BCUT2D eigenvalue weighted by molar-refractivity contribution is 5.95. The Morgan fingerprint density at radius 1 is 0.828 bits per heavy atom. The van der Waals surface area contributed by atoms with Crippen LogP contribution in [-0.4, -0.2) is 104 Å². The number of hydrogen-bond acceptors (Lipinski definition) is 9. The minimum atomic E-state index is -1.01. The van der Waals surface area contributed by atoms with Gasteiger partial charge in [0.15, 0.2) is 11.5 Å². The third-order valence-electron chi connectivity index (χ3n) is 10.2. The number of ether oxygens (including phenoxy) is 3. The Bertz CT molecular complexity index is 1920. The maximum Gasteiger partial charge on any atom is 0.251 e. The molecule has 3 aliphatic rings. The van der Waals surface area contributed by atoms with Crippen LogP contribution < -0.4 is 35.5 Å². The number of aryl methyl sites for hydroxylation is 1. The molecule has 0 radical (unpaired) electrons. The second-order valence-corrected chi connectivity index (χ2v) is 14.4. The lowest BCUT2D eigenvalue weighted by molar-refractivity contribution is -0.139. The fourth-order valence-electron chi connectivity index (χ4n) is 6.82. The topological polar surface area (TPSA) is 185 Å². The molecule has 0 spiro atoms. The van der Waals surface area contributed by atoms with E-state index < -0.39 is 29.8 Å². The largest absolute Gasteiger partial charge is 0.496 e. The van der Waals surface area contributed by atoms with Crippen LogP contribution in [0.25, 0.3) is 0 Å². The van der Waals surface area contributed by atoms with E-state index >= 15 is 0 Å². The summed E-state index contributed by atoms with van der Waals surface area (Å²) in [5, 5.41) is 11.3. The molecule has 1 fully saturated rings. The number of methoxy groups -OCH3 is 2. The highest BCUT2D eigenvalue weighted by Crippen LogP contribution is 2.35. The summed E-state index contributed by atoms with van der Waals surface area (Å²) in [5.41, 5.74) is 1.94. The average Bonchev–Trinajstić information content (AvgIpc) is 3.23. The maximum absolute atomic E-state index is 13.7. The van der Waals surface area contributed by atoms with Crippen molar-refractivity contribution in [3.05, 3.63) is 83.4 Å². The summed E-state index contributed by atoms with van der Waals surface area (Å²) in [6.07, 6.45) is 3.84. The zero-order valence-electron chi connectivity index (χ0n) is 33.5. The van der Waals surface area contributed by atoms with Gasteiger partial charge in [-0.2, -0.15) is 0 Å². The molecule has 0 saturated carbocycles. The first kappa shape index (κ1) is 43.0. The van der Waals surface area contributed by atoms with Crippen LogP contribution in [0.15, 0.2) is 66.7 Å². The number of carbonyl (C=O) groups excluding carboxylic acids is 6. The highest BCUT2D eigenvalue weighted by Gasteiger charge is 2.27. The Labute approximate surface area is 339 Å². The van der Waals surface area contributed by atoms with E-state index in [0.29, 0.717) is 72.9 Å². The molecule has 1 saturated heterocycles. The normalized spacial score (nSPS) is 19.1. The predicted octanol–water partition coefficient (Wildman–Crippen LogP) is 3.49. The van der Waals surface area contributed by atoms with Gasteiger partial charge < -0.3 is 45.3 Å². The van der Waals surface area contributed by atoms with E-state index in [2.05, 4.69) is 21.3 Å². The van der Waals surface area contributed by atoms with E-state index in [1.807, 2.05) is 30.3 Å². The monoisotopic (exact) mass is 798 g/mol. The Kier molecular flexibility index (Phi) is 15.9. The highest BCUT2D eigenvalue weighted by atomic mass is 16.5. The molecule has 3 aromatic rings. The molecule has 6 rings (SSSR count). The van der Waals surface area contributed by atoms with Gasteiger partial charge in [0.2, 0.25) is 29.5 Å². The number of piperidine rings is 1. The number of likely N-dealkylation sites (tertiary alicyclic amines) is 1. The van der Waals surface area contributed by atoms with Gasteiger partial charge in [0, 0.05) is 62.8 Å². The molecule has 4 bridgehead atoms. The molecule has 3 aromatic carbocycles. The van der Waals surface area contributed by atoms with Crippen molar-refractivity contribution in [1.82, 2.24) is 31.1 Å². The zero-order valence-corrected chi connectivity index (χ0v) is 33.5. The second-order valence-electron chi connectivity index (χ2n) is 14.4. The van der Waals surface area contributed by atoms with Crippen molar-refractivity contribution >= 4 is 35.4 Å². The molecule has 3 heterocycles. The Morgan fingerprint density at radius 3 is 2.36 bits per heavy atom. The Hall–Kier alpha value is -6.12. The smallest absolute Gasteiger partial charge is 0.251 e. The van der Waals surface area contributed by atoms with E-state index in [9.17, 15) is 28.8 Å². The van der Waals surface area contributed by atoms with Crippen molar-refractivity contribution in [1.29, 1.82) is 0 Å². The first-order valence-electron chi connectivity index (χ1n) is 19.8. The van der Waals surface area contributed by atoms with Gasteiger partial charge in [-0.05, 0) is 81.3 Å². The van der Waals surface area contributed by atoms with Crippen molar-refractivity contribution in [2.24, 2.45) is 0 Å². The zero-order chi connectivity index (χ0) is 41.4. The van der Waals surface area contributed by atoms with Crippen LogP contribution >= 0.6 is 0 Å². The lowest BCUT2D eigenvalue weighted by Crippen LogP contribution is -2.54. The average molecular weight is 799 g/mol. The minimum Gasteiger partial charge on any atom is -0.496 e. The summed E-state index contributed by atoms with van der Waals surface area (Å²) < 4.78 is 17.2. The summed E-state index contributed by atoms with van der Waals surface area (Å²) in [6, 6.07) is 17.5. The number of hydrogen-bond donors (Lipinski definition) is 4. The molecular formula is C43H54N6O9. The van der Waals surface area contributed by atoms with Crippen molar-refractivity contribution in [3.8, 4) is 23.0 Å². The van der Waals surface area contributed by atoms with Crippen LogP contribution in [0.3, 0.4) is 0 Å². The van der Waals surface area contributed by atoms with Gasteiger partial charge in [0.1, 0.15) is 23.6 Å². The summed E-state index contributed by atoms with van der Waals surface area (Å²) in [6.45, 7) is 2.64. The van der Waals surface area contributed by atoms with E-state index in [-0.39, 0.29) is 56.7 Å². The summed E-state index contributed by atoms with van der Waals surface area (Å²) >= 11 is 0. The Morgan fingerprint density at radius 2 is 1.60 bits per heavy atom. The van der Waals surface area contributed by atoms with Gasteiger partial charge in [0.25, 0.3) is 5.91 Å². The number of amides is 6. The van der Waals surface area contributed by atoms with E-state index in [0.717, 1.165) is 18.4 Å². The van der Waals surface area contributed by atoms with E-state index in [1.54, 1.807) is 48.2 Å². The van der Waals surface area contributed by atoms with Gasteiger partial charge in [-0.25, -0.2) is 0 Å². The third-order valence-corrected chi connectivity index (χ3v) is 10.2. The predicted molar refractivity (Wildman–Crippen MR) is 215 cm³/mol. The van der Waals surface area contributed by atoms with Crippen molar-refractivity contribution in [3.63, 3.8) is 0 Å². The number of fused-ring (bicyclic) bond motifs is 18. The number of nitrogens with zero attached hydrogens (tertiary/aromatic N) is 2. The molecule has 6 amide bonds. The van der Waals surface area contributed by atoms with Gasteiger partial charge in [-0.1, -0.05) is 30.3 Å². The third kappa shape index (κ3) is 12.4. The number of benzene rings is 3. The van der Waals surface area contributed by atoms with Crippen molar-refractivity contribution < 1.29 is 43.0 Å². The van der Waals surface area contributed by atoms with Crippen molar-refractivity contribution in [2.45, 2.75) is 76.9 Å².